The van der Waals surface area contributed by atoms with Crippen LogP contribution in [0.2, 0.25) is 0 Å². The molecular formula is C18H18ClN7O4. The largest absolute Gasteiger partial charge is 0.329 e. The van der Waals surface area contributed by atoms with E-state index >= 15 is 0 Å². The van der Waals surface area contributed by atoms with Gasteiger partial charge in [0.1, 0.15) is 0 Å². The Hall–Kier alpha value is -3.60. The van der Waals surface area contributed by atoms with Crippen molar-refractivity contribution in [3.05, 3.63) is 71.9 Å². The molecule has 2 heterocycles. The number of allylic oxidation sites excluding steroid dienone is 2. The number of non-ortho nitro benzene ring substituents is 1. The highest BCUT2D eigenvalue weighted by Gasteiger charge is 2.17. The van der Waals surface area contributed by atoms with Crippen molar-refractivity contribution >= 4 is 34.4 Å². The fraction of sp³-hybridized carbons (Fsp3) is 0.278. The summed E-state index contributed by atoms with van der Waals surface area (Å²) >= 11 is 5.92. The molecular weight excluding hydrogens is 414 g/mol. The maximum absolute atomic E-state index is 12.4. The van der Waals surface area contributed by atoms with E-state index in [-0.39, 0.29) is 29.3 Å². The minimum absolute atomic E-state index is 0.0203. The van der Waals surface area contributed by atoms with Gasteiger partial charge in [-0.15, -0.1) is 5.11 Å². The molecule has 0 aliphatic rings. The van der Waals surface area contributed by atoms with Crippen LogP contribution in [0.3, 0.4) is 0 Å². The fourth-order valence-electron chi connectivity index (χ4n) is 2.77. The van der Waals surface area contributed by atoms with Crippen molar-refractivity contribution in [3.8, 4) is 0 Å². The van der Waals surface area contributed by atoms with Crippen LogP contribution in [0.5, 0.6) is 0 Å². The van der Waals surface area contributed by atoms with Gasteiger partial charge < -0.3 is 0 Å². The van der Waals surface area contributed by atoms with Gasteiger partial charge in [0.15, 0.2) is 11.2 Å². The normalized spacial score (nSPS) is 13.3. The Morgan fingerprint density at radius 1 is 1.37 bits per heavy atom. The average molecular weight is 432 g/mol. The Kier molecular flexibility index (Phi) is 5.92. The first-order valence-corrected chi connectivity index (χ1v) is 9.24. The summed E-state index contributed by atoms with van der Waals surface area (Å²) in [6.07, 6.45) is 1.67. The summed E-state index contributed by atoms with van der Waals surface area (Å²) < 4.78 is 2.72. The molecule has 0 radical (unpaired) electrons. The second-order valence-electron chi connectivity index (χ2n) is 6.54. The number of rotatable bonds is 6. The molecule has 156 valence electrons. The van der Waals surface area contributed by atoms with E-state index < -0.39 is 22.2 Å². The van der Waals surface area contributed by atoms with Gasteiger partial charge in [0.25, 0.3) is 17.2 Å². The Bertz CT molecular complexity index is 1280. The standard InChI is InChI=1S/C18H18ClN7O4/c1-10(19)8-9-25-14-15(24(3)18(28)21-16(14)27)20-17(25)23-22-11(2)12-4-6-13(7-5-12)26(29)30/h4-8,11H,9H2,1-3H3,(H,21,27,28)/b10-8-,23-22?. The molecule has 0 aliphatic carbocycles. The highest BCUT2D eigenvalue weighted by atomic mass is 35.5. The Morgan fingerprint density at radius 3 is 2.63 bits per heavy atom. The lowest BCUT2D eigenvalue weighted by Gasteiger charge is -2.05. The molecule has 3 rings (SSSR count). The number of imidazole rings is 1. The van der Waals surface area contributed by atoms with Gasteiger partial charge >= 0.3 is 5.69 Å². The molecule has 0 saturated carbocycles. The number of azo groups is 1. The fourth-order valence-corrected chi connectivity index (χ4v) is 2.84. The third-order valence-electron chi connectivity index (χ3n) is 4.45. The first-order chi connectivity index (χ1) is 14.2. The summed E-state index contributed by atoms with van der Waals surface area (Å²) in [5.41, 5.74) is -0.152. The quantitative estimate of drug-likeness (QED) is 0.362. The SMILES string of the molecule is C/C(Cl)=C/Cn1c(N=NC(C)c2ccc([N+](=O)[O-])cc2)nc2c1c(=O)[nH]c(=O)n2C. The predicted molar refractivity (Wildman–Crippen MR) is 111 cm³/mol. The maximum atomic E-state index is 12.4. The van der Waals surface area contributed by atoms with Gasteiger partial charge in [-0.25, -0.2) is 4.79 Å². The van der Waals surface area contributed by atoms with E-state index in [2.05, 4.69) is 20.2 Å². The number of benzene rings is 1. The van der Waals surface area contributed by atoms with Crippen molar-refractivity contribution < 1.29 is 4.92 Å². The molecule has 2 aromatic heterocycles. The number of nitrogens with zero attached hydrogens (tertiary/aromatic N) is 6. The maximum Gasteiger partial charge on any atom is 0.329 e. The van der Waals surface area contributed by atoms with Crippen LogP contribution in [0.1, 0.15) is 25.5 Å². The number of aromatic nitrogens is 4. The lowest BCUT2D eigenvalue weighted by Crippen LogP contribution is -2.29. The Labute approximate surface area is 174 Å². The number of nitrogens with one attached hydrogen (secondary N) is 1. The summed E-state index contributed by atoms with van der Waals surface area (Å²) in [6, 6.07) is 5.55. The van der Waals surface area contributed by atoms with E-state index in [1.807, 2.05) is 0 Å². The number of aromatic amines is 1. The summed E-state index contributed by atoms with van der Waals surface area (Å²) in [4.78, 5) is 41.1. The van der Waals surface area contributed by atoms with E-state index in [1.54, 1.807) is 32.1 Å². The number of hydrogen-bond donors (Lipinski definition) is 1. The van der Waals surface area contributed by atoms with Gasteiger partial charge in [0, 0.05) is 30.8 Å². The molecule has 1 unspecified atom stereocenters. The first kappa shape index (κ1) is 21.1. The van der Waals surface area contributed by atoms with Crippen LogP contribution in [-0.4, -0.2) is 24.0 Å². The zero-order valence-corrected chi connectivity index (χ0v) is 17.1. The molecule has 30 heavy (non-hydrogen) atoms. The number of hydrogen-bond acceptors (Lipinski definition) is 7. The lowest BCUT2D eigenvalue weighted by molar-refractivity contribution is -0.384. The minimum atomic E-state index is -0.594. The molecule has 3 aromatic rings. The van der Waals surface area contributed by atoms with Crippen molar-refractivity contribution in [2.45, 2.75) is 26.4 Å². The Balaban J connectivity index is 2.04. The number of nitro groups is 1. The third-order valence-corrected chi connectivity index (χ3v) is 4.60. The molecule has 1 aromatic carbocycles. The second-order valence-corrected chi connectivity index (χ2v) is 7.14. The number of halogens is 1. The second kappa shape index (κ2) is 8.41. The molecule has 12 heteroatoms. The van der Waals surface area contributed by atoms with E-state index in [1.165, 1.54) is 28.3 Å². The predicted octanol–water partition coefficient (Wildman–Crippen LogP) is 3.32. The van der Waals surface area contributed by atoms with Crippen molar-refractivity contribution in [1.29, 1.82) is 0 Å². The molecule has 0 fully saturated rings. The van der Waals surface area contributed by atoms with E-state index in [4.69, 9.17) is 11.6 Å². The van der Waals surface area contributed by atoms with Crippen LogP contribution < -0.4 is 11.2 Å². The summed E-state index contributed by atoms with van der Waals surface area (Å²) in [5.74, 6) is 0.125. The van der Waals surface area contributed by atoms with Gasteiger partial charge in [-0.05, 0) is 31.5 Å². The molecule has 0 amide bonds. The van der Waals surface area contributed by atoms with Gasteiger partial charge in [0.05, 0.1) is 11.0 Å². The number of fused-ring (bicyclic) bond motifs is 1. The van der Waals surface area contributed by atoms with Crippen molar-refractivity contribution in [2.75, 3.05) is 0 Å². The molecule has 0 saturated heterocycles. The third kappa shape index (κ3) is 4.20. The summed E-state index contributed by atoms with van der Waals surface area (Å²) in [7, 11) is 1.49. The number of nitro benzene ring substituents is 1. The van der Waals surface area contributed by atoms with Crippen LogP contribution in [0, 0.1) is 10.1 Å². The summed E-state index contributed by atoms with van der Waals surface area (Å²) in [6.45, 7) is 3.66. The molecule has 1 N–H and O–H groups in total. The monoisotopic (exact) mass is 431 g/mol. The highest BCUT2D eigenvalue weighted by Crippen LogP contribution is 2.24. The average Bonchev–Trinajstić information content (AvgIpc) is 3.08. The smallest absolute Gasteiger partial charge is 0.297 e. The van der Waals surface area contributed by atoms with Crippen LogP contribution in [0.25, 0.3) is 11.2 Å². The van der Waals surface area contributed by atoms with Gasteiger partial charge in [0.2, 0.25) is 0 Å². The van der Waals surface area contributed by atoms with Gasteiger partial charge in [-0.1, -0.05) is 17.7 Å². The van der Waals surface area contributed by atoms with Crippen LogP contribution in [-0.2, 0) is 13.6 Å². The Morgan fingerprint density at radius 2 is 2.03 bits per heavy atom. The highest BCUT2D eigenvalue weighted by molar-refractivity contribution is 6.29. The minimum Gasteiger partial charge on any atom is -0.297 e. The summed E-state index contributed by atoms with van der Waals surface area (Å²) in [5, 5.41) is 19.7. The zero-order chi connectivity index (χ0) is 22.0. The van der Waals surface area contributed by atoms with Crippen LogP contribution >= 0.6 is 11.6 Å². The zero-order valence-electron chi connectivity index (χ0n) is 16.4. The van der Waals surface area contributed by atoms with E-state index in [9.17, 15) is 19.7 Å². The molecule has 0 bridgehead atoms. The molecule has 0 spiro atoms. The molecule has 11 nitrogen and oxygen atoms in total. The van der Waals surface area contributed by atoms with Gasteiger partial charge in [-0.3, -0.25) is 29.0 Å². The molecule has 0 aliphatic heterocycles. The molecule has 1 atom stereocenters. The van der Waals surface area contributed by atoms with Crippen molar-refractivity contribution in [1.82, 2.24) is 19.1 Å². The van der Waals surface area contributed by atoms with Crippen molar-refractivity contribution in [2.24, 2.45) is 17.3 Å². The topological polar surface area (TPSA) is 141 Å². The van der Waals surface area contributed by atoms with Crippen LogP contribution in [0.4, 0.5) is 11.6 Å². The van der Waals surface area contributed by atoms with Crippen molar-refractivity contribution in [3.63, 3.8) is 0 Å². The van der Waals surface area contributed by atoms with Gasteiger partial charge in [-0.2, -0.15) is 10.1 Å². The number of H-pyrrole nitrogens is 1. The van der Waals surface area contributed by atoms with E-state index in [0.717, 1.165) is 0 Å². The lowest BCUT2D eigenvalue weighted by atomic mass is 10.1. The first-order valence-electron chi connectivity index (χ1n) is 8.86. The number of aryl methyl sites for hydroxylation is 1. The van der Waals surface area contributed by atoms with E-state index in [0.29, 0.717) is 10.6 Å². The van der Waals surface area contributed by atoms with Crippen LogP contribution in [0.15, 0.2) is 55.2 Å².